The van der Waals surface area contributed by atoms with Crippen molar-refractivity contribution >= 4 is 35.3 Å². The molecule has 0 saturated carbocycles. The van der Waals surface area contributed by atoms with Gasteiger partial charge >= 0.3 is 0 Å². The number of halogens is 2. The first-order valence-corrected chi connectivity index (χ1v) is 11.3. The molecule has 0 spiro atoms. The van der Waals surface area contributed by atoms with E-state index in [-0.39, 0.29) is 13.2 Å². The molecule has 184 valence electrons. The Bertz CT molecular complexity index is 1350. The first kappa shape index (κ1) is 25.0. The summed E-state index contributed by atoms with van der Waals surface area (Å²) in [6, 6.07) is 17.5. The maximum Gasteiger partial charge on any atom is 0.277 e. The van der Waals surface area contributed by atoms with E-state index in [4.69, 9.17) is 37.4 Å². The molecule has 36 heavy (non-hydrogen) atoms. The fourth-order valence-corrected chi connectivity index (χ4v) is 3.33. The Labute approximate surface area is 216 Å². The van der Waals surface area contributed by atoms with E-state index in [1.165, 1.54) is 24.3 Å². The quantitative estimate of drug-likeness (QED) is 0.244. The number of amides is 1. The van der Waals surface area contributed by atoms with Crippen LogP contribution in [0.2, 0.25) is 10.0 Å². The highest BCUT2D eigenvalue weighted by Crippen LogP contribution is 2.29. The summed E-state index contributed by atoms with van der Waals surface area (Å²) in [6.45, 7) is 0.0868. The van der Waals surface area contributed by atoms with Gasteiger partial charge in [0.1, 0.15) is 18.7 Å². The Balaban J connectivity index is 1.26. The predicted molar refractivity (Wildman–Crippen MR) is 134 cm³/mol. The molecule has 12 heteroatoms. The van der Waals surface area contributed by atoms with Gasteiger partial charge in [-0.25, -0.2) is 10.1 Å². The number of hydrogen-bond donors (Lipinski definition) is 1. The zero-order chi connectivity index (χ0) is 25.3. The van der Waals surface area contributed by atoms with Crippen LogP contribution in [0.15, 0.2) is 72.1 Å². The van der Waals surface area contributed by atoms with Crippen molar-refractivity contribution in [2.45, 2.75) is 6.61 Å². The highest BCUT2D eigenvalue weighted by molar-refractivity contribution is 6.42. The van der Waals surface area contributed by atoms with Crippen LogP contribution < -0.4 is 19.6 Å². The number of nitrogens with one attached hydrogen (secondary N) is 1. The molecule has 4 aromatic rings. The smallest absolute Gasteiger partial charge is 0.277 e. The molecule has 1 N–H and O–H groups in total. The lowest BCUT2D eigenvalue weighted by Crippen LogP contribution is -2.24. The second-order valence-corrected chi connectivity index (χ2v) is 8.09. The Hall–Kier alpha value is -4.15. The zero-order valence-electron chi connectivity index (χ0n) is 19.0. The van der Waals surface area contributed by atoms with Gasteiger partial charge in [0.05, 0.1) is 29.1 Å². The number of nitrogens with zero attached hydrogens (tertiary/aromatic N) is 5. The van der Waals surface area contributed by atoms with Gasteiger partial charge in [0.2, 0.25) is 0 Å². The molecule has 1 heterocycles. The van der Waals surface area contributed by atoms with Gasteiger partial charge in [-0.05, 0) is 76.2 Å². The number of hydrogen-bond acceptors (Lipinski definition) is 8. The lowest BCUT2D eigenvalue weighted by atomic mass is 10.2. The van der Waals surface area contributed by atoms with Crippen molar-refractivity contribution in [1.82, 2.24) is 25.6 Å². The van der Waals surface area contributed by atoms with E-state index in [0.717, 1.165) is 11.3 Å². The summed E-state index contributed by atoms with van der Waals surface area (Å²) >= 11 is 12.0. The standard InChI is InChI=1S/C24H20Cl2N6O4/c1-34-23-11-16(3-9-22(23)36-13-17-2-8-20(25)21(26)10-17)12-27-29-24(33)14-35-19-6-4-18(5-7-19)32-15-28-30-31-32/h2-12,15H,13-14H2,1H3,(H,29,33)/b27-12-. The van der Waals surface area contributed by atoms with Gasteiger partial charge in [0.25, 0.3) is 5.91 Å². The topological polar surface area (TPSA) is 113 Å². The Morgan fingerprint density at radius 1 is 1.03 bits per heavy atom. The number of methoxy groups -OCH3 is 1. The maximum absolute atomic E-state index is 12.1. The van der Waals surface area contributed by atoms with Crippen LogP contribution in [-0.2, 0) is 11.4 Å². The molecule has 0 bridgehead atoms. The molecule has 1 aromatic heterocycles. The van der Waals surface area contributed by atoms with Crippen molar-refractivity contribution in [3.8, 4) is 22.9 Å². The number of benzene rings is 3. The van der Waals surface area contributed by atoms with E-state index >= 15 is 0 Å². The van der Waals surface area contributed by atoms with Crippen molar-refractivity contribution in [3.05, 3.63) is 88.2 Å². The molecule has 4 rings (SSSR count). The first-order valence-electron chi connectivity index (χ1n) is 10.5. The van der Waals surface area contributed by atoms with Gasteiger partial charge in [0, 0.05) is 0 Å². The first-order chi connectivity index (χ1) is 17.5. The van der Waals surface area contributed by atoms with Crippen molar-refractivity contribution in [2.24, 2.45) is 5.10 Å². The third-order valence-corrected chi connectivity index (χ3v) is 5.53. The summed E-state index contributed by atoms with van der Waals surface area (Å²) in [5, 5.41) is 15.9. The van der Waals surface area contributed by atoms with Crippen molar-refractivity contribution in [2.75, 3.05) is 13.7 Å². The minimum absolute atomic E-state index is 0.202. The summed E-state index contributed by atoms with van der Waals surface area (Å²) in [7, 11) is 1.54. The molecule has 0 aliphatic rings. The lowest BCUT2D eigenvalue weighted by molar-refractivity contribution is -0.123. The Kier molecular flexibility index (Phi) is 8.32. The number of rotatable bonds is 10. The highest BCUT2D eigenvalue weighted by Gasteiger charge is 2.08. The van der Waals surface area contributed by atoms with Gasteiger partial charge in [-0.2, -0.15) is 5.10 Å². The zero-order valence-corrected chi connectivity index (χ0v) is 20.5. The van der Waals surface area contributed by atoms with Crippen LogP contribution in [0.5, 0.6) is 17.2 Å². The molecule has 0 unspecified atom stereocenters. The van der Waals surface area contributed by atoms with Gasteiger partial charge in [-0.1, -0.05) is 29.3 Å². The molecule has 10 nitrogen and oxygen atoms in total. The van der Waals surface area contributed by atoms with Crippen LogP contribution in [0.25, 0.3) is 5.69 Å². The summed E-state index contributed by atoms with van der Waals surface area (Å²) in [4.78, 5) is 12.1. The van der Waals surface area contributed by atoms with Crippen LogP contribution >= 0.6 is 23.2 Å². The Morgan fingerprint density at radius 3 is 2.58 bits per heavy atom. The molecule has 0 fully saturated rings. The average molecular weight is 527 g/mol. The number of ether oxygens (including phenoxy) is 3. The molecular formula is C24H20Cl2N6O4. The normalized spacial score (nSPS) is 10.9. The van der Waals surface area contributed by atoms with Crippen LogP contribution in [0.1, 0.15) is 11.1 Å². The SMILES string of the molecule is COc1cc(/C=N\NC(=O)COc2ccc(-n3cnnn3)cc2)ccc1OCc1ccc(Cl)c(Cl)c1. The summed E-state index contributed by atoms with van der Waals surface area (Å²) in [6.07, 6.45) is 2.97. The van der Waals surface area contributed by atoms with E-state index in [1.54, 1.807) is 54.6 Å². The number of hydrazone groups is 1. The highest BCUT2D eigenvalue weighted by atomic mass is 35.5. The number of aromatic nitrogens is 4. The van der Waals surface area contributed by atoms with Crippen molar-refractivity contribution in [1.29, 1.82) is 0 Å². The maximum atomic E-state index is 12.1. The predicted octanol–water partition coefficient (Wildman–Crippen LogP) is 4.09. The van der Waals surface area contributed by atoms with Crippen molar-refractivity contribution < 1.29 is 19.0 Å². The molecular weight excluding hydrogens is 507 g/mol. The number of carbonyl (C=O) groups excluding carboxylic acids is 1. The molecule has 0 radical (unpaired) electrons. The van der Waals surface area contributed by atoms with Crippen molar-refractivity contribution in [3.63, 3.8) is 0 Å². The fourth-order valence-electron chi connectivity index (χ4n) is 3.01. The molecule has 0 aliphatic heterocycles. The van der Waals surface area contributed by atoms with Crippen LogP contribution in [0.3, 0.4) is 0 Å². The second kappa shape index (κ2) is 12.0. The third-order valence-electron chi connectivity index (χ3n) is 4.79. The van der Waals surface area contributed by atoms with E-state index < -0.39 is 5.91 Å². The lowest BCUT2D eigenvalue weighted by Gasteiger charge is -2.12. The minimum atomic E-state index is -0.413. The molecule has 0 saturated heterocycles. The summed E-state index contributed by atoms with van der Waals surface area (Å²) in [5.74, 6) is 1.17. The molecule has 3 aromatic carbocycles. The molecule has 0 atom stereocenters. The van der Waals surface area contributed by atoms with E-state index in [2.05, 4.69) is 26.1 Å². The molecule has 0 aliphatic carbocycles. The average Bonchev–Trinajstić information content (AvgIpc) is 3.44. The Morgan fingerprint density at radius 2 is 1.86 bits per heavy atom. The van der Waals surface area contributed by atoms with Crippen LogP contribution in [0.4, 0.5) is 0 Å². The molecule has 1 amide bonds. The number of tetrazole rings is 1. The second-order valence-electron chi connectivity index (χ2n) is 7.28. The number of carbonyl (C=O) groups is 1. The van der Waals surface area contributed by atoms with E-state index in [0.29, 0.717) is 32.9 Å². The van der Waals surface area contributed by atoms with Gasteiger partial charge in [-0.3, -0.25) is 4.79 Å². The summed E-state index contributed by atoms with van der Waals surface area (Å²) in [5.41, 5.74) is 4.76. The van der Waals surface area contributed by atoms with Gasteiger partial charge in [-0.15, -0.1) is 5.10 Å². The monoisotopic (exact) mass is 526 g/mol. The van der Waals surface area contributed by atoms with Gasteiger partial charge in [0.15, 0.2) is 18.1 Å². The van der Waals surface area contributed by atoms with Gasteiger partial charge < -0.3 is 14.2 Å². The van der Waals surface area contributed by atoms with Crippen LogP contribution in [-0.4, -0.2) is 46.0 Å². The fraction of sp³-hybridized carbons (Fsp3) is 0.125. The van der Waals surface area contributed by atoms with Crippen LogP contribution in [0, 0.1) is 0 Å². The minimum Gasteiger partial charge on any atom is -0.493 e. The van der Waals surface area contributed by atoms with E-state index in [1.807, 2.05) is 6.07 Å². The largest absolute Gasteiger partial charge is 0.493 e. The van der Waals surface area contributed by atoms with E-state index in [9.17, 15) is 4.79 Å². The third kappa shape index (κ3) is 6.71. The summed E-state index contributed by atoms with van der Waals surface area (Å²) < 4.78 is 18.2.